The highest BCUT2D eigenvalue weighted by Crippen LogP contribution is 2.28. The number of aliphatic hydroxyl groups is 1. The summed E-state index contributed by atoms with van der Waals surface area (Å²) in [6, 6.07) is 16.8. The van der Waals surface area contributed by atoms with Crippen molar-refractivity contribution < 1.29 is 19.4 Å². The number of carbonyl (C=O) groups excluding carboxylic acids is 2. The van der Waals surface area contributed by atoms with E-state index in [0.717, 1.165) is 19.3 Å². The Morgan fingerprint density at radius 2 is 1.61 bits per heavy atom. The van der Waals surface area contributed by atoms with Crippen LogP contribution in [-0.4, -0.2) is 47.7 Å². The van der Waals surface area contributed by atoms with Gasteiger partial charge < -0.3 is 9.84 Å². The van der Waals surface area contributed by atoms with Gasteiger partial charge in [-0.3, -0.25) is 9.69 Å². The third-order valence-corrected chi connectivity index (χ3v) is 5.60. The summed E-state index contributed by atoms with van der Waals surface area (Å²) in [6.07, 6.45) is 2.84. The van der Waals surface area contributed by atoms with Gasteiger partial charge in [-0.05, 0) is 43.7 Å². The lowest BCUT2D eigenvalue weighted by Gasteiger charge is -2.40. The third kappa shape index (κ3) is 4.32. The number of methoxy groups -OCH3 is 1. The van der Waals surface area contributed by atoms with Crippen LogP contribution in [0.5, 0.6) is 0 Å². The Morgan fingerprint density at radius 3 is 2.21 bits per heavy atom. The fourth-order valence-corrected chi connectivity index (χ4v) is 3.89. The quantitative estimate of drug-likeness (QED) is 0.614. The van der Waals surface area contributed by atoms with Gasteiger partial charge in [-0.2, -0.15) is 0 Å². The molecule has 3 rings (SSSR count). The number of Topliss-reactive ketones (excluding diaryl/α,β-unsaturated/α-hetero) is 1. The zero-order valence-corrected chi connectivity index (χ0v) is 16.4. The zero-order valence-electron chi connectivity index (χ0n) is 16.4. The standard InChI is InChI=1S/C23H27NO4/c1-23(27,21(25)19-10-6-7-11-20(19)22(26)28-2)24-14-12-18(13-15-24)16-17-8-4-3-5-9-17/h3-11,18,27H,12-16H2,1-2H3. The number of hydrogen-bond acceptors (Lipinski definition) is 5. The number of ether oxygens (including phenoxy) is 1. The third-order valence-electron chi connectivity index (χ3n) is 5.60. The SMILES string of the molecule is COC(=O)c1ccccc1C(=O)C(C)(O)N1CCC(Cc2ccccc2)CC1. The molecule has 148 valence electrons. The van der Waals surface area contributed by atoms with Crippen molar-refractivity contribution in [2.75, 3.05) is 20.2 Å². The minimum absolute atomic E-state index is 0.175. The van der Waals surface area contributed by atoms with Gasteiger partial charge in [-0.25, -0.2) is 4.79 Å². The highest BCUT2D eigenvalue weighted by molar-refractivity contribution is 6.09. The van der Waals surface area contributed by atoms with E-state index in [1.54, 1.807) is 24.3 Å². The van der Waals surface area contributed by atoms with Crippen LogP contribution in [0, 0.1) is 5.92 Å². The van der Waals surface area contributed by atoms with Gasteiger partial charge >= 0.3 is 5.97 Å². The molecule has 5 nitrogen and oxygen atoms in total. The number of nitrogens with zero attached hydrogens (tertiary/aromatic N) is 1. The van der Waals surface area contributed by atoms with Crippen molar-refractivity contribution in [2.24, 2.45) is 5.92 Å². The van der Waals surface area contributed by atoms with Crippen molar-refractivity contribution in [3.8, 4) is 0 Å². The predicted octanol–water partition coefficient (Wildman–Crippen LogP) is 3.32. The van der Waals surface area contributed by atoms with E-state index < -0.39 is 17.5 Å². The van der Waals surface area contributed by atoms with E-state index in [2.05, 4.69) is 12.1 Å². The van der Waals surface area contributed by atoms with Gasteiger partial charge in [-0.15, -0.1) is 0 Å². The zero-order chi connectivity index (χ0) is 20.1. The molecule has 5 heteroatoms. The first-order chi connectivity index (χ1) is 13.4. The average molecular weight is 381 g/mol. The maximum absolute atomic E-state index is 13.1. The van der Waals surface area contributed by atoms with Gasteiger partial charge in [0.25, 0.3) is 0 Å². The molecule has 1 atom stereocenters. The van der Waals surface area contributed by atoms with Crippen LogP contribution in [0.2, 0.25) is 0 Å². The van der Waals surface area contributed by atoms with Gasteiger partial charge in [0.2, 0.25) is 5.78 Å². The summed E-state index contributed by atoms with van der Waals surface area (Å²) >= 11 is 0. The molecule has 1 saturated heterocycles. The molecule has 0 radical (unpaired) electrons. The molecule has 0 bridgehead atoms. The minimum Gasteiger partial charge on any atom is -0.465 e. The number of carbonyl (C=O) groups is 2. The molecule has 0 aromatic heterocycles. The summed E-state index contributed by atoms with van der Waals surface area (Å²) in [4.78, 5) is 26.9. The number of piperidine rings is 1. The molecule has 1 aliphatic rings. The Bertz CT molecular complexity index is 824. The Kier molecular flexibility index (Phi) is 6.27. The molecule has 1 aliphatic heterocycles. The maximum atomic E-state index is 13.1. The van der Waals surface area contributed by atoms with Crippen LogP contribution in [0.15, 0.2) is 54.6 Å². The summed E-state index contributed by atoms with van der Waals surface area (Å²) in [5, 5.41) is 11.0. The molecule has 2 aromatic carbocycles. The fraction of sp³-hybridized carbons (Fsp3) is 0.391. The van der Waals surface area contributed by atoms with Crippen molar-refractivity contribution in [3.63, 3.8) is 0 Å². The lowest BCUT2D eigenvalue weighted by Crippen LogP contribution is -2.55. The van der Waals surface area contributed by atoms with E-state index >= 15 is 0 Å². The first kappa shape index (κ1) is 20.2. The van der Waals surface area contributed by atoms with Gasteiger partial charge in [-0.1, -0.05) is 48.5 Å². The summed E-state index contributed by atoms with van der Waals surface area (Å²) in [7, 11) is 1.28. The van der Waals surface area contributed by atoms with Crippen LogP contribution in [0.1, 0.15) is 46.0 Å². The number of benzene rings is 2. The second kappa shape index (κ2) is 8.67. The van der Waals surface area contributed by atoms with Crippen LogP contribution in [0.3, 0.4) is 0 Å². The van der Waals surface area contributed by atoms with Gasteiger partial charge in [0.1, 0.15) is 0 Å². The molecule has 0 amide bonds. The van der Waals surface area contributed by atoms with E-state index in [0.29, 0.717) is 19.0 Å². The van der Waals surface area contributed by atoms with E-state index in [9.17, 15) is 14.7 Å². The Hall–Kier alpha value is -2.50. The molecule has 0 spiro atoms. The van der Waals surface area contributed by atoms with Crippen LogP contribution < -0.4 is 0 Å². The van der Waals surface area contributed by atoms with Crippen molar-refractivity contribution in [3.05, 3.63) is 71.3 Å². The molecule has 1 heterocycles. The van der Waals surface area contributed by atoms with Gasteiger partial charge in [0.15, 0.2) is 5.72 Å². The Balaban J connectivity index is 1.69. The smallest absolute Gasteiger partial charge is 0.338 e. The minimum atomic E-state index is -1.66. The van der Waals surface area contributed by atoms with Crippen LogP contribution in [0.4, 0.5) is 0 Å². The van der Waals surface area contributed by atoms with Crippen molar-refractivity contribution in [1.29, 1.82) is 0 Å². The second-order valence-electron chi connectivity index (χ2n) is 7.51. The molecule has 0 aliphatic carbocycles. The second-order valence-corrected chi connectivity index (χ2v) is 7.51. The number of rotatable bonds is 6. The molecule has 2 aromatic rings. The van der Waals surface area contributed by atoms with Crippen molar-refractivity contribution in [2.45, 2.75) is 31.9 Å². The summed E-state index contributed by atoms with van der Waals surface area (Å²) in [6.45, 7) is 2.79. The summed E-state index contributed by atoms with van der Waals surface area (Å²) < 4.78 is 4.77. The normalized spacial score (nSPS) is 17.7. The molecule has 1 N–H and O–H groups in total. The maximum Gasteiger partial charge on any atom is 0.338 e. The largest absolute Gasteiger partial charge is 0.465 e. The first-order valence-corrected chi connectivity index (χ1v) is 9.67. The van der Waals surface area contributed by atoms with Gasteiger partial charge in [0.05, 0.1) is 12.7 Å². The molecule has 28 heavy (non-hydrogen) atoms. The number of likely N-dealkylation sites (tertiary alicyclic amines) is 1. The van der Waals surface area contributed by atoms with Crippen molar-refractivity contribution in [1.82, 2.24) is 4.90 Å². The van der Waals surface area contributed by atoms with Gasteiger partial charge in [0, 0.05) is 18.7 Å². The lowest BCUT2D eigenvalue weighted by atomic mass is 9.88. The van der Waals surface area contributed by atoms with E-state index in [-0.39, 0.29) is 11.1 Å². The van der Waals surface area contributed by atoms with E-state index in [1.807, 2.05) is 23.1 Å². The molecule has 1 fully saturated rings. The molecular formula is C23H27NO4. The van der Waals surface area contributed by atoms with E-state index in [1.165, 1.54) is 19.6 Å². The number of hydrogen-bond donors (Lipinski definition) is 1. The fourth-order valence-electron chi connectivity index (χ4n) is 3.89. The highest BCUT2D eigenvalue weighted by atomic mass is 16.5. The molecular weight excluding hydrogens is 354 g/mol. The molecule has 0 saturated carbocycles. The van der Waals surface area contributed by atoms with Crippen LogP contribution >= 0.6 is 0 Å². The van der Waals surface area contributed by atoms with Crippen molar-refractivity contribution >= 4 is 11.8 Å². The number of ketones is 1. The van der Waals surface area contributed by atoms with Crippen LogP contribution in [-0.2, 0) is 11.2 Å². The lowest BCUT2D eigenvalue weighted by molar-refractivity contribution is -0.0766. The topological polar surface area (TPSA) is 66.8 Å². The Labute approximate surface area is 165 Å². The highest BCUT2D eigenvalue weighted by Gasteiger charge is 2.40. The van der Waals surface area contributed by atoms with Crippen LogP contribution in [0.25, 0.3) is 0 Å². The predicted molar refractivity (Wildman–Crippen MR) is 107 cm³/mol. The summed E-state index contributed by atoms with van der Waals surface area (Å²) in [5.41, 5.74) is 0.0118. The summed E-state index contributed by atoms with van der Waals surface area (Å²) in [5.74, 6) is -0.525. The first-order valence-electron chi connectivity index (χ1n) is 9.67. The number of esters is 1. The Morgan fingerprint density at radius 1 is 1.04 bits per heavy atom. The molecule has 1 unspecified atom stereocenters. The average Bonchev–Trinajstić information content (AvgIpc) is 2.73. The van der Waals surface area contributed by atoms with E-state index in [4.69, 9.17) is 4.74 Å². The monoisotopic (exact) mass is 381 g/mol.